The zero-order valence-corrected chi connectivity index (χ0v) is 23.2. The largest absolute Gasteiger partial charge is 0.493 e. The summed E-state index contributed by atoms with van der Waals surface area (Å²) in [6.07, 6.45) is 1.41. The van der Waals surface area contributed by atoms with Crippen molar-refractivity contribution >= 4 is 27.5 Å². The van der Waals surface area contributed by atoms with Gasteiger partial charge in [0.1, 0.15) is 6.54 Å². The van der Waals surface area contributed by atoms with Crippen molar-refractivity contribution in [3.8, 4) is 11.5 Å². The number of hydrogen-bond donors (Lipinski definition) is 1. The lowest BCUT2D eigenvalue weighted by molar-refractivity contribution is -0.128. The van der Waals surface area contributed by atoms with Gasteiger partial charge in [-0.25, -0.2) is 8.42 Å². The molecule has 1 N–H and O–H groups in total. The number of carbonyl (C=O) groups is 2. The molecule has 9 nitrogen and oxygen atoms in total. The van der Waals surface area contributed by atoms with Gasteiger partial charge < -0.3 is 19.7 Å². The Labute approximate surface area is 229 Å². The number of sulfonamides is 1. The number of methoxy groups -OCH3 is 2. The van der Waals surface area contributed by atoms with Crippen LogP contribution in [-0.2, 0) is 32.7 Å². The zero-order chi connectivity index (χ0) is 28.0. The topological polar surface area (TPSA) is 105 Å². The summed E-state index contributed by atoms with van der Waals surface area (Å²) in [6, 6.07) is 18.8. The summed E-state index contributed by atoms with van der Waals surface area (Å²) in [7, 11) is -1.24. The number of rotatable bonds is 11. The number of aryl methyl sites for hydroxylation is 1. The molecule has 0 atom stereocenters. The number of nitrogens with one attached hydrogen (secondary N) is 1. The highest BCUT2D eigenvalue weighted by atomic mass is 32.2. The number of hydrogen-bond acceptors (Lipinski definition) is 6. The number of benzene rings is 3. The highest BCUT2D eigenvalue weighted by Gasteiger charge is 2.28. The van der Waals surface area contributed by atoms with Gasteiger partial charge in [-0.1, -0.05) is 42.0 Å². The van der Waals surface area contributed by atoms with Crippen LogP contribution in [0.15, 0.2) is 71.6 Å². The first-order chi connectivity index (χ1) is 18.7. The molecule has 3 aromatic rings. The van der Waals surface area contributed by atoms with Crippen molar-refractivity contribution in [2.24, 2.45) is 0 Å². The fourth-order valence-electron chi connectivity index (χ4n) is 4.47. The zero-order valence-electron chi connectivity index (χ0n) is 22.3. The van der Waals surface area contributed by atoms with Crippen LogP contribution >= 0.6 is 0 Å². The van der Waals surface area contributed by atoms with E-state index in [2.05, 4.69) is 5.32 Å². The summed E-state index contributed by atoms with van der Waals surface area (Å²) >= 11 is 0. The third-order valence-corrected chi connectivity index (χ3v) is 8.45. The third-order valence-electron chi connectivity index (χ3n) is 6.68. The highest BCUT2D eigenvalue weighted by Crippen LogP contribution is 2.32. The summed E-state index contributed by atoms with van der Waals surface area (Å²) in [5.41, 5.74) is 3.13. The lowest BCUT2D eigenvalue weighted by Crippen LogP contribution is -2.40. The maximum atomic E-state index is 13.8. The predicted molar refractivity (Wildman–Crippen MR) is 148 cm³/mol. The molecule has 1 heterocycles. The van der Waals surface area contributed by atoms with Crippen LogP contribution in [0.5, 0.6) is 11.5 Å². The molecule has 1 aliphatic heterocycles. The van der Waals surface area contributed by atoms with E-state index in [1.165, 1.54) is 32.4 Å². The summed E-state index contributed by atoms with van der Waals surface area (Å²) in [5, 5.41) is 2.86. The lowest BCUT2D eigenvalue weighted by Gasteiger charge is -2.25. The number of nitrogens with zero attached hydrogens (tertiary/aromatic N) is 2. The molecule has 0 spiro atoms. The van der Waals surface area contributed by atoms with Crippen LogP contribution in [0.3, 0.4) is 0 Å². The van der Waals surface area contributed by atoms with Crippen LogP contribution in [0.4, 0.5) is 5.69 Å². The van der Waals surface area contributed by atoms with Gasteiger partial charge in [0.05, 0.1) is 24.8 Å². The lowest BCUT2D eigenvalue weighted by atomic mass is 10.1. The Bertz CT molecular complexity index is 1440. The van der Waals surface area contributed by atoms with Gasteiger partial charge in [0, 0.05) is 32.1 Å². The molecule has 0 aliphatic carbocycles. The monoisotopic (exact) mass is 551 g/mol. The van der Waals surface area contributed by atoms with E-state index in [0.717, 1.165) is 34.0 Å². The molecular weight excluding hydrogens is 518 g/mol. The fourth-order valence-corrected chi connectivity index (χ4v) is 5.91. The van der Waals surface area contributed by atoms with Crippen molar-refractivity contribution in [2.75, 3.05) is 31.6 Å². The normalized spacial score (nSPS) is 13.3. The first kappa shape index (κ1) is 28.0. The number of likely N-dealkylation sites (tertiary alicyclic amines) is 1. The van der Waals surface area contributed by atoms with E-state index >= 15 is 0 Å². The highest BCUT2D eigenvalue weighted by molar-refractivity contribution is 7.92. The number of anilines is 1. The van der Waals surface area contributed by atoms with Crippen LogP contribution < -0.4 is 19.1 Å². The van der Waals surface area contributed by atoms with Gasteiger partial charge in [0.25, 0.3) is 10.0 Å². The summed E-state index contributed by atoms with van der Waals surface area (Å²) in [6.45, 7) is 2.88. The van der Waals surface area contributed by atoms with Gasteiger partial charge in [0.15, 0.2) is 11.5 Å². The molecule has 0 radical (unpaired) electrons. The molecule has 0 saturated carbocycles. The van der Waals surface area contributed by atoms with Crippen LogP contribution in [0, 0.1) is 6.92 Å². The number of carbonyl (C=O) groups excluding carboxylic acids is 2. The quantitative estimate of drug-likeness (QED) is 0.390. The average molecular weight is 552 g/mol. The van der Waals surface area contributed by atoms with Crippen LogP contribution in [0.2, 0.25) is 0 Å². The van der Waals surface area contributed by atoms with Crippen LogP contribution in [-0.4, -0.2) is 52.4 Å². The maximum absolute atomic E-state index is 13.8. The summed E-state index contributed by atoms with van der Waals surface area (Å²) in [4.78, 5) is 27.0. The summed E-state index contributed by atoms with van der Waals surface area (Å²) in [5.74, 6) is 0.319. The van der Waals surface area contributed by atoms with Gasteiger partial charge in [-0.3, -0.25) is 13.9 Å². The Morgan fingerprint density at radius 1 is 0.974 bits per heavy atom. The molecule has 1 fully saturated rings. The van der Waals surface area contributed by atoms with Crippen molar-refractivity contribution in [3.63, 3.8) is 0 Å². The van der Waals surface area contributed by atoms with E-state index in [1.807, 2.05) is 36.1 Å². The van der Waals surface area contributed by atoms with E-state index in [4.69, 9.17) is 9.47 Å². The Morgan fingerprint density at radius 2 is 1.67 bits per heavy atom. The standard InChI is InChI=1S/C29H33N3O6S/c1-21-10-12-24(13-11-21)32(39(35,36)25-14-15-26(37-2)27(17-25)38-3)20-28(33)30-18-22-7-4-5-8-23(22)19-31-16-6-9-29(31)34/h4-5,7-8,10-15,17H,6,9,16,18-20H2,1-3H3,(H,30,33). The Kier molecular flexibility index (Phi) is 8.75. The molecule has 39 heavy (non-hydrogen) atoms. The Hall–Kier alpha value is -4.05. The minimum Gasteiger partial charge on any atom is -0.493 e. The minimum absolute atomic E-state index is 0.0332. The van der Waals surface area contributed by atoms with Crippen molar-refractivity contribution in [2.45, 2.75) is 37.8 Å². The molecule has 1 aliphatic rings. The smallest absolute Gasteiger partial charge is 0.264 e. The van der Waals surface area contributed by atoms with E-state index in [9.17, 15) is 18.0 Å². The number of ether oxygens (including phenoxy) is 2. The van der Waals surface area contributed by atoms with Gasteiger partial charge in [-0.2, -0.15) is 0 Å². The molecule has 3 aromatic carbocycles. The number of amides is 2. The molecule has 0 unspecified atom stereocenters. The fraction of sp³-hybridized carbons (Fsp3) is 0.310. The molecule has 206 valence electrons. The molecule has 2 amide bonds. The molecule has 0 bridgehead atoms. The van der Waals surface area contributed by atoms with Crippen molar-refractivity contribution in [3.05, 3.63) is 83.4 Å². The summed E-state index contributed by atoms with van der Waals surface area (Å²) < 4.78 is 39.2. The van der Waals surface area contributed by atoms with Crippen molar-refractivity contribution in [1.29, 1.82) is 0 Å². The van der Waals surface area contributed by atoms with Crippen LogP contribution in [0.25, 0.3) is 0 Å². The second-order valence-corrected chi connectivity index (χ2v) is 11.2. The molecule has 0 aromatic heterocycles. The molecule has 1 saturated heterocycles. The maximum Gasteiger partial charge on any atom is 0.264 e. The van der Waals surface area contributed by atoms with E-state index in [-0.39, 0.29) is 23.1 Å². The minimum atomic E-state index is -4.14. The molecule has 10 heteroatoms. The van der Waals surface area contributed by atoms with Gasteiger partial charge in [0.2, 0.25) is 11.8 Å². The third kappa shape index (κ3) is 6.51. The predicted octanol–water partition coefficient (Wildman–Crippen LogP) is 3.65. The van der Waals surface area contributed by atoms with E-state index < -0.39 is 22.5 Å². The first-order valence-corrected chi connectivity index (χ1v) is 14.1. The van der Waals surface area contributed by atoms with Crippen LogP contribution in [0.1, 0.15) is 29.5 Å². The van der Waals surface area contributed by atoms with E-state index in [0.29, 0.717) is 24.4 Å². The first-order valence-electron chi connectivity index (χ1n) is 12.7. The second kappa shape index (κ2) is 12.2. The van der Waals surface area contributed by atoms with E-state index in [1.54, 1.807) is 24.3 Å². The van der Waals surface area contributed by atoms with Crippen molar-refractivity contribution < 1.29 is 27.5 Å². The van der Waals surface area contributed by atoms with Gasteiger partial charge in [-0.15, -0.1) is 0 Å². The SMILES string of the molecule is COc1ccc(S(=O)(=O)N(CC(=O)NCc2ccccc2CN2CCCC2=O)c2ccc(C)cc2)cc1OC. The Morgan fingerprint density at radius 3 is 2.31 bits per heavy atom. The Balaban J connectivity index is 1.55. The molecular formula is C29H33N3O6S. The molecule has 4 rings (SSSR count). The van der Waals surface area contributed by atoms with Gasteiger partial charge >= 0.3 is 0 Å². The van der Waals surface area contributed by atoms with Gasteiger partial charge in [-0.05, 0) is 48.7 Å². The second-order valence-electron chi connectivity index (χ2n) is 9.33. The average Bonchev–Trinajstić information content (AvgIpc) is 3.35. The van der Waals surface area contributed by atoms with Crippen molar-refractivity contribution in [1.82, 2.24) is 10.2 Å².